The van der Waals surface area contributed by atoms with Crippen LogP contribution in [0.1, 0.15) is 18.4 Å². The van der Waals surface area contributed by atoms with Crippen molar-refractivity contribution in [1.82, 2.24) is 30.1 Å². The number of rotatable bonds is 8. The Morgan fingerprint density at radius 1 is 0.976 bits per heavy atom. The molecule has 218 valence electrons. The Balaban J connectivity index is 1.31. The molecule has 1 aromatic carbocycles. The fourth-order valence-corrected chi connectivity index (χ4v) is 5.64. The van der Waals surface area contributed by atoms with Gasteiger partial charge in [0.2, 0.25) is 11.8 Å². The molecule has 0 aliphatic carbocycles. The monoisotopic (exact) mass is 599 g/mol. The van der Waals surface area contributed by atoms with Gasteiger partial charge in [0.1, 0.15) is 0 Å². The van der Waals surface area contributed by atoms with Gasteiger partial charge in [0.15, 0.2) is 5.75 Å². The van der Waals surface area contributed by atoms with E-state index >= 15 is 0 Å². The summed E-state index contributed by atoms with van der Waals surface area (Å²) in [5.74, 6) is 2.09. The number of hydrogen-bond donors (Lipinski definition) is 1. The number of piperazine rings is 1. The summed E-state index contributed by atoms with van der Waals surface area (Å²) in [5, 5.41) is 3.89. The summed E-state index contributed by atoms with van der Waals surface area (Å²) < 4.78 is 10.9. The van der Waals surface area contributed by atoms with Gasteiger partial charge in [-0.1, -0.05) is 23.2 Å². The largest absolute Gasteiger partial charge is 0.453 e. The van der Waals surface area contributed by atoms with Crippen molar-refractivity contribution >= 4 is 35.2 Å². The summed E-state index contributed by atoms with van der Waals surface area (Å²) in [5.41, 5.74) is 2.58. The van der Waals surface area contributed by atoms with Crippen LogP contribution in [0.25, 0.3) is 11.3 Å². The van der Waals surface area contributed by atoms with Gasteiger partial charge in [0.05, 0.1) is 25.2 Å². The third-order valence-electron chi connectivity index (χ3n) is 7.48. The van der Waals surface area contributed by atoms with Crippen molar-refractivity contribution in [2.24, 2.45) is 5.92 Å². The number of nitrogens with zero attached hydrogens (tertiary/aromatic N) is 6. The predicted molar refractivity (Wildman–Crippen MR) is 160 cm³/mol. The standard InChI is InChI=1S/C29H35Cl2N7O3/c1-36-7-9-38(10-8-36)28-32-17-25(18-33-28)41-27-12-21(11-26(35-27)22-13-23(30)15-24(31)14-22)19-37-5-3-20(4-6-37)16-34-29(39)40-2/h11-15,17-18,20H,3-10,16,19H2,1-2H3,(H,34,39). The molecule has 0 atom stereocenters. The molecular formula is C29H35Cl2N7O3. The molecule has 0 unspecified atom stereocenters. The molecule has 5 rings (SSSR count). The molecule has 41 heavy (non-hydrogen) atoms. The maximum absolute atomic E-state index is 11.4. The first-order valence-electron chi connectivity index (χ1n) is 13.8. The summed E-state index contributed by atoms with van der Waals surface area (Å²) in [6.45, 7) is 6.96. The molecule has 0 saturated carbocycles. The molecule has 2 aliphatic heterocycles. The van der Waals surface area contributed by atoms with Crippen molar-refractivity contribution in [3.8, 4) is 22.9 Å². The number of pyridine rings is 1. The Hall–Kier alpha value is -3.18. The third-order valence-corrected chi connectivity index (χ3v) is 7.91. The number of aromatic nitrogens is 3. The lowest BCUT2D eigenvalue weighted by atomic mass is 9.96. The van der Waals surface area contributed by atoms with Crippen LogP contribution in [0.5, 0.6) is 11.6 Å². The van der Waals surface area contributed by atoms with Crippen LogP contribution in [0.4, 0.5) is 10.7 Å². The van der Waals surface area contributed by atoms with Crippen molar-refractivity contribution < 1.29 is 14.3 Å². The SMILES string of the molecule is COC(=O)NCC1CCN(Cc2cc(Oc3cnc(N4CCN(C)CC4)nc3)nc(-c3cc(Cl)cc(Cl)c3)c2)CC1. The highest BCUT2D eigenvalue weighted by molar-refractivity contribution is 6.35. The fourth-order valence-electron chi connectivity index (χ4n) is 5.11. The number of methoxy groups -OCH3 is 1. The number of carbonyl (C=O) groups is 1. The van der Waals surface area contributed by atoms with E-state index in [1.54, 1.807) is 18.5 Å². The van der Waals surface area contributed by atoms with Crippen molar-refractivity contribution in [2.75, 3.05) is 64.9 Å². The Morgan fingerprint density at radius 2 is 1.66 bits per heavy atom. The topological polar surface area (TPSA) is 95.9 Å². The van der Waals surface area contributed by atoms with Crippen LogP contribution in [-0.2, 0) is 11.3 Å². The van der Waals surface area contributed by atoms with E-state index in [0.717, 1.165) is 69.8 Å². The van der Waals surface area contributed by atoms with Crippen molar-refractivity contribution in [2.45, 2.75) is 19.4 Å². The number of carbonyl (C=O) groups excluding carboxylic acids is 1. The second kappa shape index (κ2) is 13.7. The highest BCUT2D eigenvalue weighted by Crippen LogP contribution is 2.31. The van der Waals surface area contributed by atoms with E-state index < -0.39 is 0 Å². The molecule has 12 heteroatoms. The lowest BCUT2D eigenvalue weighted by Gasteiger charge is -2.32. The van der Waals surface area contributed by atoms with E-state index in [9.17, 15) is 4.79 Å². The van der Waals surface area contributed by atoms with E-state index in [2.05, 4.69) is 41.8 Å². The van der Waals surface area contributed by atoms with Crippen LogP contribution in [0.3, 0.4) is 0 Å². The molecule has 10 nitrogen and oxygen atoms in total. The maximum Gasteiger partial charge on any atom is 0.406 e. The van der Waals surface area contributed by atoms with Gasteiger partial charge in [0.25, 0.3) is 0 Å². The number of halogens is 2. The third kappa shape index (κ3) is 8.19. The average Bonchev–Trinajstić information content (AvgIpc) is 2.97. The van der Waals surface area contributed by atoms with Gasteiger partial charge in [-0.2, -0.15) is 0 Å². The van der Waals surface area contributed by atoms with Gasteiger partial charge in [-0.15, -0.1) is 0 Å². The second-order valence-corrected chi connectivity index (χ2v) is 11.4. The second-order valence-electron chi connectivity index (χ2n) is 10.6. The maximum atomic E-state index is 11.4. The Bertz CT molecular complexity index is 1310. The zero-order chi connectivity index (χ0) is 28.8. The van der Waals surface area contributed by atoms with E-state index in [1.165, 1.54) is 7.11 Å². The highest BCUT2D eigenvalue weighted by Gasteiger charge is 2.21. The number of likely N-dealkylation sites (N-methyl/N-ethyl adjacent to an activating group) is 1. The number of anilines is 1. The lowest BCUT2D eigenvalue weighted by Crippen LogP contribution is -2.45. The van der Waals surface area contributed by atoms with Crippen LogP contribution in [0.2, 0.25) is 10.0 Å². The molecule has 2 aliphatic rings. The van der Waals surface area contributed by atoms with Crippen molar-refractivity contribution in [3.05, 3.63) is 58.3 Å². The zero-order valence-corrected chi connectivity index (χ0v) is 24.9. The average molecular weight is 601 g/mol. The molecule has 2 aromatic heterocycles. The van der Waals surface area contributed by atoms with E-state index in [4.69, 9.17) is 32.9 Å². The number of hydrogen-bond acceptors (Lipinski definition) is 9. The van der Waals surface area contributed by atoms with Crippen molar-refractivity contribution in [3.63, 3.8) is 0 Å². The summed E-state index contributed by atoms with van der Waals surface area (Å²) in [4.78, 5) is 32.2. The first-order valence-corrected chi connectivity index (χ1v) is 14.5. The lowest BCUT2D eigenvalue weighted by molar-refractivity contribution is 0.155. The number of piperidine rings is 1. The smallest absolute Gasteiger partial charge is 0.406 e. The zero-order valence-electron chi connectivity index (χ0n) is 23.4. The van der Waals surface area contributed by atoms with Gasteiger partial charge in [0, 0.05) is 60.9 Å². The summed E-state index contributed by atoms with van der Waals surface area (Å²) in [7, 11) is 3.50. The highest BCUT2D eigenvalue weighted by atomic mass is 35.5. The van der Waals surface area contributed by atoms with Gasteiger partial charge in [-0.25, -0.2) is 19.7 Å². The van der Waals surface area contributed by atoms with Crippen LogP contribution in [-0.4, -0.2) is 90.8 Å². The number of nitrogens with one attached hydrogen (secondary N) is 1. The van der Waals surface area contributed by atoms with E-state index in [-0.39, 0.29) is 6.09 Å². The van der Waals surface area contributed by atoms with Gasteiger partial charge >= 0.3 is 6.09 Å². The summed E-state index contributed by atoms with van der Waals surface area (Å²) in [6.07, 6.45) is 4.99. The van der Waals surface area contributed by atoms with Gasteiger partial charge in [-0.3, -0.25) is 4.90 Å². The molecule has 0 bridgehead atoms. The summed E-state index contributed by atoms with van der Waals surface area (Å²) in [6, 6.07) is 9.39. The fraction of sp³-hybridized carbons (Fsp3) is 0.448. The molecule has 4 heterocycles. The molecule has 1 amide bonds. The first-order chi connectivity index (χ1) is 19.8. The Labute approximate surface area is 250 Å². The first kappa shape index (κ1) is 29.3. The normalized spacial score (nSPS) is 16.9. The quantitative estimate of drug-likeness (QED) is 0.385. The van der Waals surface area contributed by atoms with Crippen LogP contribution >= 0.6 is 23.2 Å². The van der Waals surface area contributed by atoms with Crippen molar-refractivity contribution in [1.29, 1.82) is 0 Å². The number of alkyl carbamates (subject to hydrolysis) is 1. The minimum atomic E-state index is -0.384. The molecule has 1 N–H and O–H groups in total. The van der Waals surface area contributed by atoms with Crippen LogP contribution in [0.15, 0.2) is 42.7 Å². The molecule has 3 aromatic rings. The Kier molecular flexibility index (Phi) is 9.76. The van der Waals surface area contributed by atoms with Crippen LogP contribution in [0, 0.1) is 5.92 Å². The summed E-state index contributed by atoms with van der Waals surface area (Å²) >= 11 is 12.6. The van der Waals surface area contributed by atoms with Crippen LogP contribution < -0.4 is 15.0 Å². The number of ether oxygens (including phenoxy) is 2. The molecular weight excluding hydrogens is 565 g/mol. The number of benzene rings is 1. The van der Waals surface area contributed by atoms with Gasteiger partial charge < -0.3 is 24.6 Å². The molecule has 0 radical (unpaired) electrons. The van der Waals surface area contributed by atoms with Gasteiger partial charge in [-0.05, 0) is 68.7 Å². The predicted octanol–water partition coefficient (Wildman–Crippen LogP) is 4.96. The molecule has 2 saturated heterocycles. The Morgan fingerprint density at radius 3 is 2.32 bits per heavy atom. The van der Waals surface area contributed by atoms with E-state index in [0.29, 0.717) is 45.8 Å². The minimum Gasteiger partial charge on any atom is -0.453 e. The molecule has 0 spiro atoms. The minimum absolute atomic E-state index is 0.384. The number of likely N-dealkylation sites (tertiary alicyclic amines) is 1. The number of amides is 1. The molecule has 2 fully saturated rings. The van der Waals surface area contributed by atoms with E-state index in [1.807, 2.05) is 24.3 Å².